The van der Waals surface area contributed by atoms with Crippen molar-refractivity contribution in [2.45, 2.75) is 43.9 Å². The number of aryl methyl sites for hydroxylation is 1. The fourth-order valence-corrected chi connectivity index (χ4v) is 3.90. The number of thiophene rings is 1. The number of carbonyl (C=O) groups is 1. The first-order valence-corrected chi connectivity index (χ1v) is 8.48. The van der Waals surface area contributed by atoms with E-state index in [2.05, 4.69) is 34.2 Å². The largest absolute Gasteiger partial charge is 0.351 e. The normalized spacial score (nSPS) is 23.9. The highest BCUT2D eigenvalue weighted by molar-refractivity contribution is 9.09. The molecule has 0 unspecified atom stereocenters. The summed E-state index contributed by atoms with van der Waals surface area (Å²) in [7, 11) is 0. The molecular weight excluding hydrogens is 310 g/mol. The van der Waals surface area contributed by atoms with Gasteiger partial charge in [0.15, 0.2) is 0 Å². The van der Waals surface area contributed by atoms with Crippen LogP contribution in [0.25, 0.3) is 0 Å². The van der Waals surface area contributed by atoms with Gasteiger partial charge in [-0.2, -0.15) is 0 Å². The molecule has 1 aliphatic carbocycles. The van der Waals surface area contributed by atoms with Gasteiger partial charge in [0, 0.05) is 11.4 Å². The van der Waals surface area contributed by atoms with Crippen molar-refractivity contribution in [1.29, 1.82) is 0 Å². The summed E-state index contributed by atoms with van der Waals surface area (Å²) in [5, 5.41) is 5.10. The Labute approximate surface area is 121 Å². The second-order valence-corrected chi connectivity index (χ2v) is 7.17. The zero-order chi connectivity index (χ0) is 13.0. The van der Waals surface area contributed by atoms with Gasteiger partial charge in [0.2, 0.25) is 0 Å². The van der Waals surface area contributed by atoms with Gasteiger partial charge < -0.3 is 5.32 Å². The van der Waals surface area contributed by atoms with E-state index in [1.807, 2.05) is 5.38 Å². The van der Waals surface area contributed by atoms with Crippen LogP contribution in [0.5, 0.6) is 0 Å². The lowest BCUT2D eigenvalue weighted by Gasteiger charge is -2.25. The second kappa shape index (κ2) is 6.71. The molecule has 0 radical (unpaired) electrons. The zero-order valence-electron chi connectivity index (χ0n) is 10.7. The average Bonchev–Trinajstić information content (AvgIpc) is 2.86. The monoisotopic (exact) mass is 329 g/mol. The lowest BCUT2D eigenvalue weighted by Crippen LogP contribution is -2.31. The molecule has 1 aromatic heterocycles. The Morgan fingerprint density at radius 2 is 2.17 bits per heavy atom. The van der Waals surface area contributed by atoms with Gasteiger partial charge in [-0.3, -0.25) is 4.79 Å². The summed E-state index contributed by atoms with van der Waals surface area (Å²) in [6.45, 7) is 2.93. The highest BCUT2D eigenvalue weighted by atomic mass is 79.9. The Hall–Kier alpha value is -0.350. The molecule has 0 saturated heterocycles. The van der Waals surface area contributed by atoms with Crippen molar-refractivity contribution in [3.05, 3.63) is 21.9 Å². The van der Waals surface area contributed by atoms with Gasteiger partial charge in [-0.1, -0.05) is 22.9 Å². The third-order valence-electron chi connectivity index (χ3n) is 3.66. The van der Waals surface area contributed by atoms with Gasteiger partial charge in [-0.25, -0.2) is 0 Å². The topological polar surface area (TPSA) is 29.1 Å². The van der Waals surface area contributed by atoms with Crippen LogP contribution in [0.2, 0.25) is 0 Å². The Kier molecular flexibility index (Phi) is 5.25. The summed E-state index contributed by atoms with van der Waals surface area (Å²) in [5.41, 5.74) is 1.17. The van der Waals surface area contributed by atoms with Gasteiger partial charge in [0.25, 0.3) is 5.91 Å². The molecule has 4 heteroatoms. The SMILES string of the molecule is CCc1ccsc1C(=O)NCC1CCC(Br)CC1. The number of alkyl halides is 1. The number of rotatable bonds is 4. The lowest BCUT2D eigenvalue weighted by molar-refractivity contribution is 0.0947. The number of amides is 1. The van der Waals surface area contributed by atoms with Gasteiger partial charge in [-0.15, -0.1) is 11.3 Å². The van der Waals surface area contributed by atoms with E-state index >= 15 is 0 Å². The highest BCUT2D eigenvalue weighted by Crippen LogP contribution is 2.28. The van der Waals surface area contributed by atoms with E-state index in [0.717, 1.165) is 17.8 Å². The fraction of sp³-hybridized carbons (Fsp3) is 0.643. The van der Waals surface area contributed by atoms with E-state index in [1.54, 1.807) is 11.3 Å². The number of halogens is 1. The third-order valence-corrected chi connectivity index (χ3v) is 5.53. The van der Waals surface area contributed by atoms with Crippen molar-refractivity contribution < 1.29 is 4.79 Å². The van der Waals surface area contributed by atoms with Crippen molar-refractivity contribution >= 4 is 33.2 Å². The molecule has 18 heavy (non-hydrogen) atoms. The van der Waals surface area contributed by atoms with Crippen LogP contribution in [0.3, 0.4) is 0 Å². The van der Waals surface area contributed by atoms with Crippen LogP contribution >= 0.6 is 27.3 Å². The van der Waals surface area contributed by atoms with Crippen LogP contribution in [0.1, 0.15) is 47.8 Å². The van der Waals surface area contributed by atoms with Crippen LogP contribution in [0.4, 0.5) is 0 Å². The van der Waals surface area contributed by atoms with Gasteiger partial charge in [0.1, 0.15) is 0 Å². The minimum absolute atomic E-state index is 0.114. The van der Waals surface area contributed by atoms with Gasteiger partial charge in [-0.05, 0) is 55.0 Å². The Morgan fingerprint density at radius 3 is 2.83 bits per heavy atom. The van der Waals surface area contributed by atoms with E-state index in [9.17, 15) is 4.79 Å². The summed E-state index contributed by atoms with van der Waals surface area (Å²) < 4.78 is 0. The van der Waals surface area contributed by atoms with Gasteiger partial charge in [0.05, 0.1) is 4.88 Å². The van der Waals surface area contributed by atoms with Crippen molar-refractivity contribution in [3.63, 3.8) is 0 Å². The maximum absolute atomic E-state index is 12.1. The molecule has 0 aliphatic heterocycles. The number of carbonyl (C=O) groups excluding carboxylic acids is 1. The van der Waals surface area contributed by atoms with Crippen LogP contribution in [-0.2, 0) is 6.42 Å². The first-order chi connectivity index (χ1) is 8.70. The predicted molar refractivity (Wildman–Crippen MR) is 80.7 cm³/mol. The molecule has 100 valence electrons. The molecule has 1 heterocycles. The quantitative estimate of drug-likeness (QED) is 0.831. The summed E-state index contributed by atoms with van der Waals surface area (Å²) in [6, 6.07) is 2.05. The zero-order valence-corrected chi connectivity index (χ0v) is 13.1. The summed E-state index contributed by atoms with van der Waals surface area (Å²) >= 11 is 5.21. The minimum Gasteiger partial charge on any atom is -0.351 e. The Balaban J connectivity index is 1.81. The number of hydrogen-bond acceptors (Lipinski definition) is 2. The predicted octanol–water partition coefficient (Wildman–Crippen LogP) is 3.99. The van der Waals surface area contributed by atoms with Crippen molar-refractivity contribution in [1.82, 2.24) is 5.32 Å². The smallest absolute Gasteiger partial charge is 0.261 e. The average molecular weight is 330 g/mol. The molecule has 1 aromatic rings. The summed E-state index contributed by atoms with van der Waals surface area (Å²) in [4.78, 5) is 13.7. The maximum atomic E-state index is 12.1. The Bertz CT molecular complexity index is 396. The standard InChI is InChI=1S/C14H20BrNOS/c1-2-11-7-8-18-13(11)14(17)16-9-10-3-5-12(15)6-4-10/h7-8,10,12H,2-6,9H2,1H3,(H,16,17). The first-order valence-electron chi connectivity index (χ1n) is 6.69. The van der Waals surface area contributed by atoms with E-state index in [-0.39, 0.29) is 5.91 Å². The third kappa shape index (κ3) is 3.58. The van der Waals surface area contributed by atoms with E-state index in [0.29, 0.717) is 10.7 Å². The molecule has 1 saturated carbocycles. The molecule has 1 amide bonds. The first kappa shape index (κ1) is 14.1. The molecule has 1 fully saturated rings. The van der Waals surface area contributed by atoms with E-state index in [4.69, 9.17) is 0 Å². The second-order valence-electron chi connectivity index (χ2n) is 4.96. The molecule has 0 atom stereocenters. The van der Waals surface area contributed by atoms with E-state index < -0.39 is 0 Å². The number of nitrogens with one attached hydrogen (secondary N) is 1. The molecule has 1 aliphatic rings. The minimum atomic E-state index is 0.114. The van der Waals surface area contributed by atoms with Crippen molar-refractivity contribution in [3.8, 4) is 0 Å². The number of hydrogen-bond donors (Lipinski definition) is 1. The van der Waals surface area contributed by atoms with Crippen LogP contribution in [-0.4, -0.2) is 17.3 Å². The molecule has 1 N–H and O–H groups in total. The molecule has 2 rings (SSSR count). The van der Waals surface area contributed by atoms with Crippen LogP contribution in [0.15, 0.2) is 11.4 Å². The molecule has 0 bridgehead atoms. The van der Waals surface area contributed by atoms with Gasteiger partial charge >= 0.3 is 0 Å². The molecular formula is C14H20BrNOS. The highest BCUT2D eigenvalue weighted by Gasteiger charge is 2.20. The van der Waals surface area contributed by atoms with Crippen LogP contribution in [0, 0.1) is 5.92 Å². The maximum Gasteiger partial charge on any atom is 0.261 e. The molecule has 2 nitrogen and oxygen atoms in total. The molecule has 0 aromatic carbocycles. The van der Waals surface area contributed by atoms with Crippen molar-refractivity contribution in [2.24, 2.45) is 5.92 Å². The summed E-state index contributed by atoms with van der Waals surface area (Å²) in [5.74, 6) is 0.774. The fourth-order valence-electron chi connectivity index (χ4n) is 2.46. The van der Waals surface area contributed by atoms with Crippen LogP contribution < -0.4 is 5.32 Å². The van der Waals surface area contributed by atoms with E-state index in [1.165, 1.54) is 31.2 Å². The van der Waals surface area contributed by atoms with Crippen molar-refractivity contribution in [2.75, 3.05) is 6.54 Å². The molecule has 0 spiro atoms. The Morgan fingerprint density at radius 1 is 1.44 bits per heavy atom. The lowest BCUT2D eigenvalue weighted by atomic mass is 9.89. The summed E-state index contributed by atoms with van der Waals surface area (Å²) in [6.07, 6.45) is 5.85.